The first-order valence-corrected chi connectivity index (χ1v) is 7.16. The third-order valence-electron chi connectivity index (χ3n) is 2.60. The van der Waals surface area contributed by atoms with Crippen LogP contribution in [0.25, 0.3) is 0 Å². The summed E-state index contributed by atoms with van der Waals surface area (Å²) < 4.78 is 0.505. The van der Waals surface area contributed by atoms with E-state index >= 15 is 0 Å². The van der Waals surface area contributed by atoms with Crippen LogP contribution < -0.4 is 0 Å². The van der Waals surface area contributed by atoms with Gasteiger partial charge in [0.15, 0.2) is 0 Å². The highest BCUT2D eigenvalue weighted by molar-refractivity contribution is 9.10. The number of carbonyl (C=O) groups is 2. The lowest BCUT2D eigenvalue weighted by Gasteiger charge is -1.99. The molecule has 2 aromatic heterocycles. The summed E-state index contributed by atoms with van der Waals surface area (Å²) in [5.74, 6) is -1.38. The Kier molecular flexibility index (Phi) is 4.11. The molecule has 19 heavy (non-hydrogen) atoms. The average Bonchev–Trinajstić information content (AvgIpc) is 2.76. The summed E-state index contributed by atoms with van der Waals surface area (Å²) >= 11 is 4.49. The van der Waals surface area contributed by atoms with Crippen molar-refractivity contribution in [3.05, 3.63) is 49.9 Å². The first-order chi connectivity index (χ1) is 9.06. The summed E-state index contributed by atoms with van der Waals surface area (Å²) in [4.78, 5) is 28.6. The average molecular weight is 340 g/mol. The minimum Gasteiger partial charge on any atom is -0.478 e. The van der Waals surface area contributed by atoms with Gasteiger partial charge in [-0.25, -0.2) is 4.79 Å². The predicted octanol–water partition coefficient (Wildman–Crippen LogP) is 3.40. The number of hydrogen-bond donors (Lipinski definition) is 1. The van der Waals surface area contributed by atoms with Crippen molar-refractivity contribution >= 4 is 39.0 Å². The normalized spacial score (nSPS) is 10.4. The fourth-order valence-electron chi connectivity index (χ4n) is 1.67. The molecule has 0 aliphatic carbocycles. The lowest BCUT2D eigenvalue weighted by Crippen LogP contribution is -2.06. The Bertz CT molecular complexity index is 637. The number of pyridine rings is 1. The fraction of sp³-hybridized carbons (Fsp3) is 0.154. The molecule has 0 spiro atoms. The number of carbonyl (C=O) groups excluding carboxylic acids is 1. The van der Waals surface area contributed by atoms with E-state index < -0.39 is 5.97 Å². The SMILES string of the molecule is CCc1sc(C(=O)c2ccncc2)c(C(=O)O)c1Br. The Morgan fingerprint density at radius 2 is 2.00 bits per heavy atom. The van der Waals surface area contributed by atoms with Crippen LogP contribution in [0.4, 0.5) is 0 Å². The van der Waals surface area contributed by atoms with Gasteiger partial charge in [-0.15, -0.1) is 11.3 Å². The first kappa shape index (κ1) is 13.9. The van der Waals surface area contributed by atoms with Gasteiger partial charge in [-0.3, -0.25) is 9.78 Å². The van der Waals surface area contributed by atoms with Gasteiger partial charge in [0, 0.05) is 27.3 Å². The topological polar surface area (TPSA) is 67.3 Å². The highest BCUT2D eigenvalue weighted by Gasteiger charge is 2.26. The van der Waals surface area contributed by atoms with E-state index in [4.69, 9.17) is 0 Å². The van der Waals surface area contributed by atoms with E-state index in [1.165, 1.54) is 23.7 Å². The van der Waals surface area contributed by atoms with Gasteiger partial charge in [0.2, 0.25) is 5.78 Å². The van der Waals surface area contributed by atoms with Crippen LogP contribution in [0.1, 0.15) is 37.4 Å². The molecule has 1 N–H and O–H groups in total. The van der Waals surface area contributed by atoms with Crippen molar-refractivity contribution in [2.45, 2.75) is 13.3 Å². The van der Waals surface area contributed by atoms with Crippen molar-refractivity contribution in [3.8, 4) is 0 Å². The van der Waals surface area contributed by atoms with E-state index in [0.29, 0.717) is 16.5 Å². The van der Waals surface area contributed by atoms with Crippen molar-refractivity contribution in [2.75, 3.05) is 0 Å². The second-order valence-corrected chi connectivity index (χ2v) is 5.67. The van der Waals surface area contributed by atoms with Gasteiger partial charge in [-0.1, -0.05) is 6.92 Å². The van der Waals surface area contributed by atoms with Crippen LogP contribution in [0.5, 0.6) is 0 Å². The molecule has 4 nitrogen and oxygen atoms in total. The van der Waals surface area contributed by atoms with Crippen LogP contribution in [0.2, 0.25) is 0 Å². The minimum absolute atomic E-state index is 0.0451. The molecule has 0 fully saturated rings. The predicted molar refractivity (Wildman–Crippen MR) is 76.0 cm³/mol. The standard InChI is InChI=1S/C13H10BrNO3S/c1-2-8-10(14)9(13(17)18)12(19-8)11(16)7-3-5-15-6-4-7/h3-6H,2H2,1H3,(H,17,18). The van der Waals surface area contributed by atoms with Gasteiger partial charge < -0.3 is 5.11 Å². The number of ketones is 1. The van der Waals surface area contributed by atoms with Crippen LogP contribution >= 0.6 is 27.3 Å². The van der Waals surface area contributed by atoms with Crippen molar-refractivity contribution in [1.29, 1.82) is 0 Å². The number of carboxylic acid groups (broad SMARTS) is 1. The Morgan fingerprint density at radius 3 is 2.53 bits per heavy atom. The van der Waals surface area contributed by atoms with Crippen LogP contribution in [0, 0.1) is 0 Å². The first-order valence-electron chi connectivity index (χ1n) is 5.55. The molecular formula is C13H10BrNO3S. The van der Waals surface area contributed by atoms with E-state index in [1.54, 1.807) is 12.1 Å². The minimum atomic E-state index is -1.10. The number of hydrogen-bond acceptors (Lipinski definition) is 4. The van der Waals surface area contributed by atoms with Crippen LogP contribution in [-0.2, 0) is 6.42 Å². The van der Waals surface area contributed by atoms with Gasteiger partial charge in [-0.05, 0) is 34.5 Å². The van der Waals surface area contributed by atoms with Crippen LogP contribution in [0.15, 0.2) is 29.0 Å². The molecule has 0 saturated heterocycles. The third-order valence-corrected chi connectivity index (χ3v) is 5.07. The van der Waals surface area contributed by atoms with Gasteiger partial charge >= 0.3 is 5.97 Å². The molecule has 2 aromatic rings. The smallest absolute Gasteiger partial charge is 0.338 e. The summed E-state index contributed by atoms with van der Waals surface area (Å²) in [5, 5.41) is 9.26. The maximum absolute atomic E-state index is 12.4. The molecule has 2 rings (SSSR count). The molecule has 0 atom stereocenters. The Labute approximate surface area is 122 Å². The van der Waals surface area contributed by atoms with Gasteiger partial charge in [0.25, 0.3) is 0 Å². The molecule has 6 heteroatoms. The zero-order valence-corrected chi connectivity index (χ0v) is 12.4. The molecule has 2 heterocycles. The number of aryl methyl sites for hydroxylation is 1. The fourth-order valence-corrected chi connectivity index (χ4v) is 3.78. The van der Waals surface area contributed by atoms with Gasteiger partial charge in [0.1, 0.15) is 0 Å². The zero-order valence-electron chi connectivity index (χ0n) is 10.0. The molecular weight excluding hydrogens is 330 g/mol. The van der Waals surface area contributed by atoms with Gasteiger partial charge in [0.05, 0.1) is 10.4 Å². The Hall–Kier alpha value is -1.53. The van der Waals surface area contributed by atoms with Crippen LogP contribution in [-0.4, -0.2) is 21.8 Å². The monoisotopic (exact) mass is 339 g/mol. The number of nitrogens with zero attached hydrogens (tertiary/aromatic N) is 1. The number of thiophene rings is 1. The van der Waals surface area contributed by atoms with Crippen LogP contribution in [0.3, 0.4) is 0 Å². The summed E-state index contributed by atoms with van der Waals surface area (Å²) in [6.45, 7) is 1.92. The van der Waals surface area contributed by atoms with E-state index in [0.717, 1.165) is 4.88 Å². The maximum Gasteiger partial charge on any atom is 0.338 e. The molecule has 0 aromatic carbocycles. The van der Waals surface area contributed by atoms with E-state index in [-0.39, 0.29) is 16.2 Å². The number of carboxylic acids is 1. The number of rotatable bonds is 4. The van der Waals surface area contributed by atoms with Gasteiger partial charge in [-0.2, -0.15) is 0 Å². The third kappa shape index (κ3) is 2.59. The summed E-state index contributed by atoms with van der Waals surface area (Å²) in [5.41, 5.74) is 0.484. The lowest BCUT2D eigenvalue weighted by molar-refractivity contribution is 0.0692. The quantitative estimate of drug-likeness (QED) is 0.867. The molecule has 0 radical (unpaired) electrons. The molecule has 0 saturated carbocycles. The van der Waals surface area contributed by atoms with E-state index in [9.17, 15) is 14.7 Å². The summed E-state index contributed by atoms with van der Waals surface area (Å²) in [7, 11) is 0. The van der Waals surface area contributed by atoms with Crippen molar-refractivity contribution in [2.24, 2.45) is 0 Å². The zero-order chi connectivity index (χ0) is 14.0. The molecule has 0 aliphatic rings. The van der Waals surface area contributed by atoms with Crippen molar-refractivity contribution in [3.63, 3.8) is 0 Å². The Balaban J connectivity index is 2.57. The lowest BCUT2D eigenvalue weighted by atomic mass is 10.1. The van der Waals surface area contributed by atoms with Crippen molar-refractivity contribution < 1.29 is 14.7 Å². The van der Waals surface area contributed by atoms with Crippen molar-refractivity contribution in [1.82, 2.24) is 4.98 Å². The maximum atomic E-state index is 12.4. The number of aromatic carboxylic acids is 1. The highest BCUT2D eigenvalue weighted by Crippen LogP contribution is 2.35. The summed E-state index contributed by atoms with van der Waals surface area (Å²) in [6, 6.07) is 3.15. The molecule has 0 aliphatic heterocycles. The van der Waals surface area contributed by atoms with E-state index in [2.05, 4.69) is 20.9 Å². The largest absolute Gasteiger partial charge is 0.478 e. The summed E-state index contributed by atoms with van der Waals surface area (Å²) in [6.07, 6.45) is 3.70. The molecule has 98 valence electrons. The van der Waals surface area contributed by atoms with E-state index in [1.807, 2.05) is 6.92 Å². The molecule has 0 amide bonds. The number of aromatic nitrogens is 1. The second kappa shape index (κ2) is 5.63. The second-order valence-electron chi connectivity index (χ2n) is 3.77. The Morgan fingerprint density at radius 1 is 1.37 bits per heavy atom. The molecule has 0 bridgehead atoms. The number of halogens is 1. The highest BCUT2D eigenvalue weighted by atomic mass is 79.9. The molecule has 0 unspecified atom stereocenters.